The zero-order valence-corrected chi connectivity index (χ0v) is 18.5. The summed E-state index contributed by atoms with van der Waals surface area (Å²) in [6.45, 7) is 6.47. The van der Waals surface area contributed by atoms with Gasteiger partial charge >= 0.3 is 0 Å². The molecule has 0 spiro atoms. The lowest BCUT2D eigenvalue weighted by molar-refractivity contribution is -0.132. The smallest absolute Gasteiger partial charge is 0.300 e. The summed E-state index contributed by atoms with van der Waals surface area (Å²) in [7, 11) is 0. The molecule has 33 heavy (non-hydrogen) atoms. The van der Waals surface area contributed by atoms with E-state index in [0.29, 0.717) is 47.5 Å². The lowest BCUT2D eigenvalue weighted by Gasteiger charge is -2.24. The molecule has 1 saturated heterocycles. The summed E-state index contributed by atoms with van der Waals surface area (Å²) in [5.74, 6) is 0.265. The first-order valence-electron chi connectivity index (χ1n) is 10.7. The Kier molecular flexibility index (Phi) is 4.96. The molecule has 0 bridgehead atoms. The minimum Gasteiger partial charge on any atom is -0.507 e. The van der Waals surface area contributed by atoms with E-state index in [4.69, 9.17) is 13.9 Å². The van der Waals surface area contributed by atoms with Crippen LogP contribution < -0.4 is 14.4 Å². The summed E-state index contributed by atoms with van der Waals surface area (Å²) in [6, 6.07) is 13.2. The molecule has 0 saturated carbocycles. The van der Waals surface area contributed by atoms with E-state index in [1.807, 2.05) is 32.0 Å². The van der Waals surface area contributed by atoms with Crippen LogP contribution >= 0.6 is 0 Å². The van der Waals surface area contributed by atoms with Gasteiger partial charge in [0, 0.05) is 11.3 Å². The van der Waals surface area contributed by atoms with Crippen molar-refractivity contribution >= 4 is 23.1 Å². The Balaban J connectivity index is 1.70. The van der Waals surface area contributed by atoms with Crippen molar-refractivity contribution in [2.24, 2.45) is 0 Å². The van der Waals surface area contributed by atoms with Crippen molar-refractivity contribution in [2.45, 2.75) is 26.8 Å². The van der Waals surface area contributed by atoms with Crippen molar-refractivity contribution in [1.29, 1.82) is 0 Å². The van der Waals surface area contributed by atoms with Crippen LogP contribution in [0.3, 0.4) is 0 Å². The van der Waals surface area contributed by atoms with Gasteiger partial charge in [-0.25, -0.2) is 0 Å². The fourth-order valence-electron chi connectivity index (χ4n) is 4.40. The predicted molar refractivity (Wildman–Crippen MR) is 122 cm³/mol. The van der Waals surface area contributed by atoms with Gasteiger partial charge in [-0.05, 0) is 74.4 Å². The van der Waals surface area contributed by atoms with Gasteiger partial charge in [-0.15, -0.1) is 0 Å². The molecule has 7 nitrogen and oxygen atoms in total. The van der Waals surface area contributed by atoms with Gasteiger partial charge in [-0.1, -0.05) is 6.07 Å². The topological polar surface area (TPSA) is 89.2 Å². The molecule has 2 aliphatic heterocycles. The maximum atomic E-state index is 13.2. The number of aliphatic hydroxyl groups is 1. The van der Waals surface area contributed by atoms with Crippen LogP contribution in [0.25, 0.3) is 5.76 Å². The highest BCUT2D eigenvalue weighted by atomic mass is 16.6. The van der Waals surface area contributed by atoms with Gasteiger partial charge in [0.1, 0.15) is 36.5 Å². The first kappa shape index (κ1) is 20.9. The summed E-state index contributed by atoms with van der Waals surface area (Å²) in [6.07, 6.45) is 0. The average Bonchev–Trinajstić information content (AvgIpc) is 3.33. The number of carbonyl (C=O) groups is 2. The third-order valence-corrected chi connectivity index (χ3v) is 5.78. The van der Waals surface area contributed by atoms with Gasteiger partial charge in [-0.2, -0.15) is 0 Å². The molecule has 1 amide bonds. The number of carbonyl (C=O) groups excluding carboxylic acids is 2. The quantitative estimate of drug-likeness (QED) is 0.360. The number of fused-ring (bicyclic) bond motifs is 1. The van der Waals surface area contributed by atoms with Crippen LogP contribution in [0.5, 0.6) is 11.5 Å². The Morgan fingerprint density at radius 1 is 0.909 bits per heavy atom. The third kappa shape index (κ3) is 3.55. The second-order valence-corrected chi connectivity index (χ2v) is 8.32. The van der Waals surface area contributed by atoms with Crippen molar-refractivity contribution in [3.8, 4) is 11.5 Å². The van der Waals surface area contributed by atoms with Gasteiger partial charge < -0.3 is 19.0 Å². The van der Waals surface area contributed by atoms with Crippen molar-refractivity contribution in [3.63, 3.8) is 0 Å². The molecule has 1 N–H and O–H groups in total. The Hall–Kier alpha value is -4.00. The summed E-state index contributed by atoms with van der Waals surface area (Å²) in [5.41, 5.74) is 2.78. The molecule has 5 rings (SSSR count). The van der Waals surface area contributed by atoms with Crippen molar-refractivity contribution in [3.05, 3.63) is 82.3 Å². The van der Waals surface area contributed by atoms with Crippen LogP contribution in [-0.2, 0) is 9.59 Å². The Labute approximate surface area is 190 Å². The Bertz CT molecular complexity index is 1300. The summed E-state index contributed by atoms with van der Waals surface area (Å²) in [4.78, 5) is 27.9. The molecule has 1 fully saturated rings. The maximum absolute atomic E-state index is 13.2. The SMILES string of the molecule is Cc1cc(C)cc(N2C(=O)C(=O)/C(=C(\O)c3ccc4c(c3)OCCO4)C2c2ccc(C)o2)c1. The highest BCUT2D eigenvalue weighted by Crippen LogP contribution is 2.44. The number of aryl methyl sites for hydroxylation is 3. The molecule has 1 atom stereocenters. The zero-order chi connectivity index (χ0) is 23.3. The van der Waals surface area contributed by atoms with Crippen molar-refractivity contribution < 1.29 is 28.6 Å². The molecular formula is C26H23NO6. The van der Waals surface area contributed by atoms with Crippen LogP contribution in [0.2, 0.25) is 0 Å². The Morgan fingerprint density at radius 2 is 1.61 bits per heavy atom. The van der Waals surface area contributed by atoms with Crippen LogP contribution in [0, 0.1) is 20.8 Å². The number of amides is 1. The van der Waals surface area contributed by atoms with Crippen LogP contribution in [-0.4, -0.2) is 30.0 Å². The lowest BCUT2D eigenvalue weighted by atomic mass is 9.98. The average molecular weight is 445 g/mol. The molecule has 1 aromatic heterocycles. The number of nitrogens with zero attached hydrogens (tertiary/aromatic N) is 1. The number of benzene rings is 2. The minimum absolute atomic E-state index is 0.0369. The molecule has 168 valence electrons. The van der Waals surface area contributed by atoms with E-state index < -0.39 is 17.7 Å². The number of rotatable bonds is 3. The fraction of sp³-hybridized carbons (Fsp3) is 0.231. The number of hydrogen-bond donors (Lipinski definition) is 1. The van der Waals surface area contributed by atoms with Gasteiger partial charge in [0.2, 0.25) is 0 Å². The highest BCUT2D eigenvalue weighted by Gasteiger charge is 2.48. The Morgan fingerprint density at radius 3 is 2.27 bits per heavy atom. The molecule has 2 aromatic carbocycles. The molecule has 3 aromatic rings. The summed E-state index contributed by atoms with van der Waals surface area (Å²) in [5, 5.41) is 11.3. The zero-order valence-electron chi connectivity index (χ0n) is 18.5. The number of anilines is 1. The molecule has 7 heteroatoms. The molecule has 0 radical (unpaired) electrons. The molecule has 1 unspecified atom stereocenters. The van der Waals surface area contributed by atoms with Crippen LogP contribution in [0.15, 0.2) is 58.5 Å². The number of Topliss-reactive ketones (excluding diaryl/α,β-unsaturated/α-hetero) is 1. The van der Waals surface area contributed by atoms with Gasteiger partial charge in [-0.3, -0.25) is 14.5 Å². The summed E-state index contributed by atoms with van der Waals surface area (Å²) < 4.78 is 17.0. The van der Waals surface area contributed by atoms with Gasteiger partial charge in [0.05, 0.1) is 5.57 Å². The number of hydrogen-bond acceptors (Lipinski definition) is 6. The van der Waals surface area contributed by atoms with E-state index in [1.165, 1.54) is 4.90 Å². The number of ketones is 1. The standard InChI is InChI=1S/C26H23NO6/c1-14-10-15(2)12-18(11-14)27-23(20-6-4-16(3)33-20)22(25(29)26(27)30)24(28)17-5-7-19-21(13-17)32-9-8-31-19/h4-7,10-13,23,28H,8-9H2,1-3H3/b24-22-. The normalized spacial score (nSPS) is 19.2. The molecular weight excluding hydrogens is 422 g/mol. The number of furan rings is 1. The van der Waals surface area contributed by atoms with Gasteiger partial charge in [0.25, 0.3) is 11.7 Å². The van der Waals surface area contributed by atoms with Crippen LogP contribution in [0.4, 0.5) is 5.69 Å². The first-order chi connectivity index (χ1) is 15.8. The number of ether oxygens (including phenoxy) is 2. The third-order valence-electron chi connectivity index (χ3n) is 5.78. The fourth-order valence-corrected chi connectivity index (χ4v) is 4.40. The van der Waals surface area contributed by atoms with E-state index in [1.54, 1.807) is 37.3 Å². The minimum atomic E-state index is -0.909. The number of aliphatic hydroxyl groups excluding tert-OH is 1. The van der Waals surface area contributed by atoms with Crippen molar-refractivity contribution in [2.75, 3.05) is 18.1 Å². The van der Waals surface area contributed by atoms with Crippen LogP contribution in [0.1, 0.15) is 34.3 Å². The van der Waals surface area contributed by atoms with E-state index in [9.17, 15) is 14.7 Å². The molecule has 3 heterocycles. The van der Waals surface area contributed by atoms with Crippen molar-refractivity contribution in [1.82, 2.24) is 0 Å². The largest absolute Gasteiger partial charge is 0.507 e. The molecule has 2 aliphatic rings. The van der Waals surface area contributed by atoms with E-state index in [2.05, 4.69) is 0 Å². The second-order valence-electron chi connectivity index (χ2n) is 8.32. The first-order valence-corrected chi connectivity index (χ1v) is 10.7. The summed E-state index contributed by atoms with van der Waals surface area (Å²) >= 11 is 0. The van der Waals surface area contributed by atoms with E-state index in [-0.39, 0.29) is 11.3 Å². The highest BCUT2D eigenvalue weighted by molar-refractivity contribution is 6.51. The maximum Gasteiger partial charge on any atom is 0.300 e. The monoisotopic (exact) mass is 445 g/mol. The predicted octanol–water partition coefficient (Wildman–Crippen LogP) is 4.60. The van der Waals surface area contributed by atoms with E-state index >= 15 is 0 Å². The van der Waals surface area contributed by atoms with Gasteiger partial charge in [0.15, 0.2) is 11.5 Å². The molecule has 0 aliphatic carbocycles. The lowest BCUT2D eigenvalue weighted by Crippen LogP contribution is -2.29. The second kappa shape index (κ2) is 7.85. The van der Waals surface area contributed by atoms with E-state index in [0.717, 1.165) is 11.1 Å².